The summed E-state index contributed by atoms with van der Waals surface area (Å²) < 4.78 is 2.10. The Labute approximate surface area is 113 Å². The molecule has 19 heavy (non-hydrogen) atoms. The van der Waals surface area contributed by atoms with E-state index in [1.807, 2.05) is 0 Å². The van der Waals surface area contributed by atoms with Gasteiger partial charge in [-0.05, 0) is 42.4 Å². The molecule has 1 aromatic carbocycles. The van der Waals surface area contributed by atoms with Crippen LogP contribution in [0.3, 0.4) is 0 Å². The summed E-state index contributed by atoms with van der Waals surface area (Å²) >= 11 is 0. The van der Waals surface area contributed by atoms with Crippen molar-refractivity contribution in [2.75, 3.05) is 6.54 Å². The smallest absolute Gasteiger partial charge is 0.199 e. The molecule has 1 aliphatic heterocycles. The highest BCUT2D eigenvalue weighted by atomic mass is 16.3. The second-order valence-electron chi connectivity index (χ2n) is 5.83. The highest BCUT2D eigenvalue weighted by Gasteiger charge is 2.30. The van der Waals surface area contributed by atoms with E-state index in [9.17, 15) is 5.11 Å². The molecule has 1 fully saturated rings. The molecule has 2 heterocycles. The zero-order chi connectivity index (χ0) is 13.0. The zero-order valence-corrected chi connectivity index (χ0v) is 11.4. The van der Waals surface area contributed by atoms with Gasteiger partial charge in [0.05, 0.1) is 0 Å². The quantitative estimate of drug-likeness (QED) is 0.867. The number of hydrogen-bond acceptors (Lipinski definition) is 2. The van der Waals surface area contributed by atoms with E-state index in [0.29, 0.717) is 11.8 Å². The summed E-state index contributed by atoms with van der Waals surface area (Å²) in [5, 5.41) is 16.4. The summed E-state index contributed by atoms with van der Waals surface area (Å²) in [6.07, 6.45) is 3.62. The molecular weight excluding hydrogens is 236 g/mol. The number of nitrogens with zero attached hydrogens (tertiary/aromatic N) is 1. The highest BCUT2D eigenvalue weighted by molar-refractivity contribution is 5.95. The Kier molecular flexibility index (Phi) is 2.39. The Morgan fingerprint density at radius 3 is 2.95 bits per heavy atom. The predicted molar refractivity (Wildman–Crippen MR) is 76.7 cm³/mol. The van der Waals surface area contributed by atoms with Gasteiger partial charge in [-0.1, -0.05) is 13.0 Å². The molecule has 100 valence electrons. The number of aromatic nitrogens is 1. The lowest BCUT2D eigenvalue weighted by atomic mass is 9.98. The van der Waals surface area contributed by atoms with Crippen molar-refractivity contribution in [1.82, 2.24) is 9.88 Å². The third-order valence-corrected chi connectivity index (χ3v) is 4.57. The van der Waals surface area contributed by atoms with E-state index in [2.05, 4.69) is 28.9 Å². The Morgan fingerprint density at radius 1 is 1.37 bits per heavy atom. The SMILES string of the molecule is CCc1cc(C2CC2)c2c(O)n3c(c2c1)CNCC3. The van der Waals surface area contributed by atoms with Crippen LogP contribution in [0, 0.1) is 0 Å². The Bertz CT molecular complexity index is 653. The van der Waals surface area contributed by atoms with Gasteiger partial charge in [0.15, 0.2) is 5.88 Å². The van der Waals surface area contributed by atoms with Gasteiger partial charge in [-0.25, -0.2) is 0 Å². The first-order chi connectivity index (χ1) is 9.29. The van der Waals surface area contributed by atoms with Crippen LogP contribution in [0.15, 0.2) is 12.1 Å². The Hall–Kier alpha value is -1.48. The van der Waals surface area contributed by atoms with Gasteiger partial charge in [-0.2, -0.15) is 0 Å². The Morgan fingerprint density at radius 2 is 2.21 bits per heavy atom. The number of benzene rings is 1. The fourth-order valence-corrected chi connectivity index (χ4v) is 3.36. The summed E-state index contributed by atoms with van der Waals surface area (Å²) in [6.45, 7) is 4.90. The molecule has 3 heteroatoms. The molecule has 2 aromatic rings. The van der Waals surface area contributed by atoms with Crippen LogP contribution in [0.25, 0.3) is 10.8 Å². The molecule has 0 spiro atoms. The summed E-state index contributed by atoms with van der Waals surface area (Å²) in [6, 6.07) is 4.60. The standard InChI is InChI=1S/C16H20N2O/c1-2-10-7-12(11-3-4-11)15-13(8-10)14-9-17-5-6-18(14)16(15)19/h7-8,11,17,19H,2-6,9H2,1H3. The van der Waals surface area contributed by atoms with Gasteiger partial charge >= 0.3 is 0 Å². The van der Waals surface area contributed by atoms with Gasteiger partial charge < -0.3 is 15.0 Å². The first-order valence-electron chi connectivity index (χ1n) is 7.37. The molecule has 0 saturated heterocycles. The molecule has 1 aromatic heterocycles. The van der Waals surface area contributed by atoms with Crippen molar-refractivity contribution in [3.63, 3.8) is 0 Å². The average molecular weight is 256 g/mol. The minimum Gasteiger partial charge on any atom is -0.494 e. The molecule has 2 N–H and O–H groups in total. The predicted octanol–water partition coefficient (Wildman–Crippen LogP) is 2.89. The first-order valence-corrected chi connectivity index (χ1v) is 7.37. The fourth-order valence-electron chi connectivity index (χ4n) is 3.36. The number of nitrogens with one attached hydrogen (secondary N) is 1. The van der Waals surface area contributed by atoms with Gasteiger partial charge in [0.25, 0.3) is 0 Å². The lowest BCUT2D eigenvalue weighted by molar-refractivity contribution is 0.396. The van der Waals surface area contributed by atoms with Crippen molar-refractivity contribution < 1.29 is 5.11 Å². The van der Waals surface area contributed by atoms with E-state index in [0.717, 1.165) is 31.4 Å². The van der Waals surface area contributed by atoms with Crippen molar-refractivity contribution in [2.45, 2.75) is 45.2 Å². The normalized spacial score (nSPS) is 18.8. The molecule has 0 unspecified atom stereocenters. The minimum absolute atomic E-state index is 0.496. The van der Waals surface area contributed by atoms with Crippen molar-refractivity contribution in [2.24, 2.45) is 0 Å². The number of fused-ring (bicyclic) bond motifs is 3. The van der Waals surface area contributed by atoms with Gasteiger partial charge in [0.2, 0.25) is 0 Å². The van der Waals surface area contributed by atoms with E-state index < -0.39 is 0 Å². The van der Waals surface area contributed by atoms with Gasteiger partial charge in [0.1, 0.15) is 0 Å². The van der Waals surface area contributed by atoms with Crippen LogP contribution in [0.5, 0.6) is 5.88 Å². The van der Waals surface area contributed by atoms with Crippen LogP contribution >= 0.6 is 0 Å². The van der Waals surface area contributed by atoms with Crippen LogP contribution in [0.4, 0.5) is 0 Å². The molecule has 4 rings (SSSR count). The van der Waals surface area contributed by atoms with Crippen LogP contribution in [0.1, 0.15) is 42.5 Å². The summed E-state index contributed by atoms with van der Waals surface area (Å²) in [5.74, 6) is 1.17. The van der Waals surface area contributed by atoms with E-state index in [1.54, 1.807) is 0 Å². The molecule has 1 saturated carbocycles. The molecule has 1 aliphatic carbocycles. The van der Waals surface area contributed by atoms with Crippen LogP contribution in [0.2, 0.25) is 0 Å². The maximum absolute atomic E-state index is 10.6. The summed E-state index contributed by atoms with van der Waals surface area (Å²) in [7, 11) is 0. The van der Waals surface area contributed by atoms with Gasteiger partial charge in [0, 0.05) is 36.1 Å². The van der Waals surface area contributed by atoms with E-state index >= 15 is 0 Å². The van der Waals surface area contributed by atoms with Crippen molar-refractivity contribution in [1.29, 1.82) is 0 Å². The van der Waals surface area contributed by atoms with Crippen molar-refractivity contribution >= 4 is 10.8 Å². The van der Waals surface area contributed by atoms with Crippen LogP contribution < -0.4 is 5.32 Å². The largest absolute Gasteiger partial charge is 0.494 e. The maximum atomic E-state index is 10.6. The van der Waals surface area contributed by atoms with Gasteiger partial charge in [-0.3, -0.25) is 0 Å². The molecule has 2 aliphatic rings. The second-order valence-corrected chi connectivity index (χ2v) is 5.83. The fraction of sp³-hybridized carbons (Fsp3) is 0.500. The number of rotatable bonds is 2. The second kappa shape index (κ2) is 4.01. The van der Waals surface area contributed by atoms with E-state index in [-0.39, 0.29) is 0 Å². The summed E-state index contributed by atoms with van der Waals surface area (Å²) in [4.78, 5) is 0. The van der Waals surface area contributed by atoms with E-state index in [4.69, 9.17) is 0 Å². The lowest BCUT2D eigenvalue weighted by Gasteiger charge is -2.17. The van der Waals surface area contributed by atoms with Gasteiger partial charge in [-0.15, -0.1) is 0 Å². The third-order valence-electron chi connectivity index (χ3n) is 4.57. The lowest BCUT2D eigenvalue weighted by Crippen LogP contribution is -2.27. The first kappa shape index (κ1) is 11.4. The van der Waals surface area contributed by atoms with Crippen molar-refractivity contribution in [3.05, 3.63) is 29.0 Å². The molecule has 0 bridgehead atoms. The van der Waals surface area contributed by atoms with E-state index in [1.165, 1.54) is 35.0 Å². The Balaban J connectivity index is 2.06. The maximum Gasteiger partial charge on any atom is 0.199 e. The number of hydrogen-bond donors (Lipinski definition) is 2. The molecule has 3 nitrogen and oxygen atoms in total. The highest BCUT2D eigenvalue weighted by Crippen LogP contribution is 2.47. The zero-order valence-electron chi connectivity index (χ0n) is 11.4. The topological polar surface area (TPSA) is 37.2 Å². The molecular formula is C16H20N2O. The molecule has 0 amide bonds. The molecule has 0 atom stereocenters. The number of aromatic hydroxyl groups is 1. The summed E-state index contributed by atoms with van der Waals surface area (Å²) in [5.41, 5.74) is 4.04. The molecule has 0 radical (unpaired) electrons. The number of aryl methyl sites for hydroxylation is 1. The van der Waals surface area contributed by atoms with Crippen molar-refractivity contribution in [3.8, 4) is 5.88 Å². The monoisotopic (exact) mass is 256 g/mol. The third kappa shape index (κ3) is 1.61. The average Bonchev–Trinajstić information content (AvgIpc) is 3.26. The minimum atomic E-state index is 0.496. The van der Waals surface area contributed by atoms with Crippen LogP contribution in [-0.2, 0) is 19.5 Å². The van der Waals surface area contributed by atoms with Crippen LogP contribution in [-0.4, -0.2) is 16.2 Å².